The lowest BCUT2D eigenvalue weighted by Crippen LogP contribution is -2.31. The zero-order valence-corrected chi connectivity index (χ0v) is 18.6. The van der Waals surface area contributed by atoms with E-state index >= 15 is 0 Å². The van der Waals surface area contributed by atoms with E-state index in [1.807, 2.05) is 13.8 Å². The van der Waals surface area contributed by atoms with Crippen LogP contribution >= 0.6 is 23.1 Å². The summed E-state index contributed by atoms with van der Waals surface area (Å²) in [7, 11) is 0. The minimum Gasteiger partial charge on any atom is -0.391 e. The predicted molar refractivity (Wildman–Crippen MR) is 114 cm³/mol. The number of hydrogen-bond acceptors (Lipinski definition) is 6. The molecule has 1 aromatic carbocycles. The van der Waals surface area contributed by atoms with Crippen molar-refractivity contribution < 1.29 is 18.0 Å². The number of halogens is 3. The summed E-state index contributed by atoms with van der Waals surface area (Å²) >= 11 is 1.32. The molecule has 0 amide bonds. The highest BCUT2D eigenvalue weighted by molar-refractivity contribution is 8.00. The molecule has 0 radical (unpaired) electrons. The van der Waals surface area contributed by atoms with Gasteiger partial charge in [-0.1, -0.05) is 38.1 Å². The summed E-state index contributed by atoms with van der Waals surface area (Å²) in [6.07, 6.45) is 2.43. The van der Waals surface area contributed by atoms with Crippen molar-refractivity contribution in [3.8, 4) is 0 Å². The predicted octanol–water partition coefficient (Wildman–Crippen LogP) is 5.82. The van der Waals surface area contributed by atoms with Crippen LogP contribution in [0.5, 0.6) is 0 Å². The molecule has 0 aliphatic rings. The van der Waals surface area contributed by atoms with Crippen LogP contribution in [0.2, 0.25) is 0 Å². The molecule has 1 atom stereocenters. The van der Waals surface area contributed by atoms with Crippen molar-refractivity contribution in [2.24, 2.45) is 5.16 Å². The molecule has 1 aromatic heterocycles. The molecule has 1 unspecified atom stereocenters. The van der Waals surface area contributed by atoms with Gasteiger partial charge in [0.25, 0.3) is 0 Å². The van der Waals surface area contributed by atoms with Gasteiger partial charge >= 0.3 is 5.51 Å². The number of rotatable bonds is 10. The maximum Gasteiger partial charge on any atom is 0.446 e. The van der Waals surface area contributed by atoms with Crippen molar-refractivity contribution in [3.05, 3.63) is 45.9 Å². The van der Waals surface area contributed by atoms with Crippen LogP contribution in [0, 0.1) is 0 Å². The molecular weight excluding hydrogens is 419 g/mol. The van der Waals surface area contributed by atoms with Crippen molar-refractivity contribution in [2.45, 2.75) is 50.6 Å². The molecule has 2 aromatic rings. The minimum atomic E-state index is -4.35. The third-order valence-electron chi connectivity index (χ3n) is 4.18. The molecule has 2 rings (SSSR count). The second-order valence-corrected chi connectivity index (χ2v) is 8.66. The number of benzene rings is 1. The Morgan fingerprint density at radius 3 is 2.59 bits per heavy atom. The van der Waals surface area contributed by atoms with Gasteiger partial charge in [-0.15, -0.1) is 11.3 Å². The lowest BCUT2D eigenvalue weighted by atomic mass is 10.1. The summed E-state index contributed by atoms with van der Waals surface area (Å²) in [6.45, 7) is 10.6. The molecule has 0 fully saturated rings. The Morgan fingerprint density at radius 2 is 2.00 bits per heavy atom. The Balaban J connectivity index is 2.32. The Bertz CT molecular complexity index is 804. The zero-order valence-electron chi connectivity index (χ0n) is 17.0. The normalized spacial score (nSPS) is 13.7. The molecule has 0 N–H and O–H groups in total. The van der Waals surface area contributed by atoms with Crippen molar-refractivity contribution in [1.82, 2.24) is 9.88 Å². The van der Waals surface area contributed by atoms with Crippen LogP contribution in [0.1, 0.15) is 43.1 Å². The van der Waals surface area contributed by atoms with Gasteiger partial charge in [-0.05, 0) is 50.3 Å². The standard InChI is InChI=1S/C20H26F3N3OS2/c1-5-16-12-24-19(28-16)18(25-27-14(4)13-26(6-2)7-3)15-9-8-10-17(11-15)29-20(21,22)23/h8-12,14H,5-7,13H2,1-4H3/b25-18-. The Labute approximate surface area is 178 Å². The van der Waals surface area contributed by atoms with E-state index < -0.39 is 5.51 Å². The molecule has 4 nitrogen and oxygen atoms in total. The van der Waals surface area contributed by atoms with E-state index in [2.05, 4.69) is 28.9 Å². The van der Waals surface area contributed by atoms with Gasteiger partial charge in [-0.25, -0.2) is 4.98 Å². The molecule has 0 saturated heterocycles. The summed E-state index contributed by atoms with van der Waals surface area (Å²) in [5.41, 5.74) is -3.35. The fraction of sp³-hybridized carbons (Fsp3) is 0.500. The Kier molecular flexibility index (Phi) is 8.98. The summed E-state index contributed by atoms with van der Waals surface area (Å²) in [4.78, 5) is 13.5. The van der Waals surface area contributed by atoms with Gasteiger partial charge in [0.2, 0.25) is 0 Å². The zero-order chi connectivity index (χ0) is 21.4. The van der Waals surface area contributed by atoms with Crippen LogP contribution in [-0.2, 0) is 11.3 Å². The number of likely N-dealkylation sites (N-methyl/N-ethyl adjacent to an activating group) is 1. The molecule has 29 heavy (non-hydrogen) atoms. The number of thiazole rings is 1. The van der Waals surface area contributed by atoms with E-state index in [4.69, 9.17) is 4.84 Å². The van der Waals surface area contributed by atoms with Gasteiger partial charge in [0, 0.05) is 28.1 Å². The molecule has 0 bridgehead atoms. The van der Waals surface area contributed by atoms with E-state index in [0.29, 0.717) is 22.8 Å². The van der Waals surface area contributed by atoms with Crippen LogP contribution in [0.3, 0.4) is 0 Å². The summed E-state index contributed by atoms with van der Waals surface area (Å²) in [5.74, 6) is 0. The first-order chi connectivity index (χ1) is 13.8. The molecule has 0 aliphatic carbocycles. The van der Waals surface area contributed by atoms with Gasteiger partial charge in [0.15, 0.2) is 0 Å². The van der Waals surface area contributed by atoms with E-state index in [1.54, 1.807) is 18.3 Å². The first kappa shape index (κ1) is 23.7. The van der Waals surface area contributed by atoms with Crippen LogP contribution in [0.4, 0.5) is 13.2 Å². The second-order valence-electron chi connectivity index (χ2n) is 6.40. The smallest absolute Gasteiger partial charge is 0.391 e. The monoisotopic (exact) mass is 445 g/mol. The highest BCUT2D eigenvalue weighted by Crippen LogP contribution is 2.37. The topological polar surface area (TPSA) is 37.7 Å². The van der Waals surface area contributed by atoms with Crippen molar-refractivity contribution >= 4 is 28.8 Å². The second kappa shape index (κ2) is 11.0. The first-order valence-electron chi connectivity index (χ1n) is 9.53. The number of aromatic nitrogens is 1. The summed E-state index contributed by atoms with van der Waals surface area (Å²) in [5, 5.41) is 4.95. The van der Waals surface area contributed by atoms with E-state index in [1.165, 1.54) is 23.5 Å². The number of hydrogen-bond donors (Lipinski definition) is 0. The highest BCUT2D eigenvalue weighted by atomic mass is 32.2. The van der Waals surface area contributed by atoms with Crippen LogP contribution in [0.15, 0.2) is 40.5 Å². The van der Waals surface area contributed by atoms with Crippen molar-refractivity contribution in [1.29, 1.82) is 0 Å². The number of nitrogens with zero attached hydrogens (tertiary/aromatic N) is 3. The van der Waals surface area contributed by atoms with E-state index in [0.717, 1.165) is 24.4 Å². The van der Waals surface area contributed by atoms with Crippen molar-refractivity contribution in [3.63, 3.8) is 0 Å². The summed E-state index contributed by atoms with van der Waals surface area (Å²) < 4.78 is 38.3. The maximum absolute atomic E-state index is 12.8. The number of thioether (sulfide) groups is 1. The van der Waals surface area contributed by atoms with Gasteiger partial charge in [-0.2, -0.15) is 13.2 Å². The molecule has 9 heteroatoms. The maximum atomic E-state index is 12.8. The number of alkyl halides is 3. The number of oxime groups is 1. The lowest BCUT2D eigenvalue weighted by Gasteiger charge is -2.21. The van der Waals surface area contributed by atoms with Gasteiger partial charge < -0.3 is 9.74 Å². The largest absolute Gasteiger partial charge is 0.446 e. The third kappa shape index (κ3) is 7.64. The van der Waals surface area contributed by atoms with Gasteiger partial charge in [0.05, 0.1) is 0 Å². The number of aryl methyl sites for hydroxylation is 1. The van der Waals surface area contributed by atoms with E-state index in [9.17, 15) is 13.2 Å². The van der Waals surface area contributed by atoms with E-state index in [-0.39, 0.29) is 22.8 Å². The quantitative estimate of drug-likeness (QED) is 0.262. The van der Waals surface area contributed by atoms with Gasteiger partial charge in [-0.3, -0.25) is 0 Å². The average molecular weight is 446 g/mol. The minimum absolute atomic E-state index is 0.103. The van der Waals surface area contributed by atoms with Crippen LogP contribution in [0.25, 0.3) is 0 Å². The SMILES string of the molecule is CCc1cnc(/C(=N\OC(C)CN(CC)CC)c2cccc(SC(F)(F)F)c2)s1. The Morgan fingerprint density at radius 1 is 1.28 bits per heavy atom. The molecular formula is C20H26F3N3OS2. The lowest BCUT2D eigenvalue weighted by molar-refractivity contribution is -0.0328. The average Bonchev–Trinajstić information content (AvgIpc) is 3.14. The van der Waals surface area contributed by atoms with Crippen LogP contribution in [-0.4, -0.2) is 46.8 Å². The fourth-order valence-corrected chi connectivity index (χ4v) is 4.11. The highest BCUT2D eigenvalue weighted by Gasteiger charge is 2.29. The van der Waals surface area contributed by atoms with Gasteiger partial charge in [0.1, 0.15) is 16.8 Å². The van der Waals surface area contributed by atoms with Crippen LogP contribution < -0.4 is 0 Å². The molecule has 0 aliphatic heterocycles. The summed E-state index contributed by atoms with van der Waals surface area (Å²) in [6, 6.07) is 6.22. The molecule has 0 saturated carbocycles. The fourth-order valence-electron chi connectivity index (χ4n) is 2.66. The van der Waals surface area contributed by atoms with Crippen molar-refractivity contribution in [2.75, 3.05) is 19.6 Å². The third-order valence-corrected chi connectivity index (χ3v) is 6.05. The Hall–Kier alpha value is -1.58. The first-order valence-corrected chi connectivity index (χ1v) is 11.2. The molecule has 0 spiro atoms. The molecule has 160 valence electrons. The molecule has 1 heterocycles.